The SMILES string of the molecule is COC(=O)c1ccc2c(C3CC3)c(C#N)sc2c1. The molecule has 1 fully saturated rings. The van der Waals surface area contributed by atoms with E-state index in [-0.39, 0.29) is 5.97 Å². The standard InChI is InChI=1S/C14H11NO2S/c1-17-14(16)9-4-5-10-11(6-9)18-12(7-15)13(10)8-2-3-8/h4-6,8H,2-3H2,1H3. The zero-order valence-corrected chi connectivity index (χ0v) is 10.7. The summed E-state index contributed by atoms with van der Waals surface area (Å²) in [6, 6.07) is 7.80. The average Bonchev–Trinajstić information content (AvgIpc) is 3.17. The monoisotopic (exact) mass is 257 g/mol. The Balaban J connectivity index is 2.19. The second-order valence-electron chi connectivity index (χ2n) is 4.43. The number of nitriles is 1. The summed E-state index contributed by atoms with van der Waals surface area (Å²) in [5.74, 6) is 0.203. The van der Waals surface area contributed by atoms with Gasteiger partial charge in [-0.1, -0.05) is 6.07 Å². The maximum absolute atomic E-state index is 11.5. The van der Waals surface area contributed by atoms with Crippen LogP contribution in [0.1, 0.15) is 39.6 Å². The molecular weight excluding hydrogens is 246 g/mol. The Morgan fingerprint density at radius 1 is 1.50 bits per heavy atom. The quantitative estimate of drug-likeness (QED) is 0.774. The molecule has 1 aliphatic carbocycles. The Labute approximate surface area is 109 Å². The fourth-order valence-electron chi connectivity index (χ4n) is 2.22. The van der Waals surface area contributed by atoms with Crippen LogP contribution in [0.3, 0.4) is 0 Å². The molecule has 0 spiro atoms. The lowest BCUT2D eigenvalue weighted by Crippen LogP contribution is -2.00. The summed E-state index contributed by atoms with van der Waals surface area (Å²) in [6.07, 6.45) is 2.33. The van der Waals surface area contributed by atoms with Gasteiger partial charge in [0.15, 0.2) is 0 Å². The van der Waals surface area contributed by atoms with Crippen molar-refractivity contribution in [1.29, 1.82) is 5.26 Å². The summed E-state index contributed by atoms with van der Waals surface area (Å²) in [7, 11) is 1.37. The topological polar surface area (TPSA) is 50.1 Å². The predicted octanol–water partition coefficient (Wildman–Crippen LogP) is 3.44. The first kappa shape index (κ1) is 11.2. The van der Waals surface area contributed by atoms with Gasteiger partial charge >= 0.3 is 5.97 Å². The molecule has 0 N–H and O–H groups in total. The second-order valence-corrected chi connectivity index (χ2v) is 5.49. The molecule has 4 heteroatoms. The van der Waals surface area contributed by atoms with Gasteiger partial charge in [0.1, 0.15) is 10.9 Å². The third kappa shape index (κ3) is 1.68. The maximum Gasteiger partial charge on any atom is 0.337 e. The minimum absolute atomic E-state index is 0.336. The average molecular weight is 257 g/mol. The van der Waals surface area contributed by atoms with Crippen LogP contribution in [-0.4, -0.2) is 13.1 Å². The van der Waals surface area contributed by atoms with E-state index in [0.29, 0.717) is 11.5 Å². The third-order valence-electron chi connectivity index (χ3n) is 3.24. The van der Waals surface area contributed by atoms with Crippen molar-refractivity contribution >= 4 is 27.4 Å². The molecule has 1 aromatic carbocycles. The Morgan fingerprint density at radius 2 is 2.28 bits per heavy atom. The van der Waals surface area contributed by atoms with E-state index >= 15 is 0 Å². The predicted molar refractivity (Wildman–Crippen MR) is 69.9 cm³/mol. The number of carbonyl (C=O) groups excluding carboxylic acids is 1. The summed E-state index contributed by atoms with van der Waals surface area (Å²) in [5.41, 5.74) is 1.71. The van der Waals surface area contributed by atoms with E-state index in [1.807, 2.05) is 12.1 Å². The first-order chi connectivity index (χ1) is 8.74. The lowest BCUT2D eigenvalue weighted by atomic mass is 10.1. The maximum atomic E-state index is 11.5. The largest absolute Gasteiger partial charge is 0.465 e. The van der Waals surface area contributed by atoms with Crippen LogP contribution in [-0.2, 0) is 4.74 Å². The number of methoxy groups -OCH3 is 1. The van der Waals surface area contributed by atoms with Gasteiger partial charge in [0, 0.05) is 4.70 Å². The number of thiophene rings is 1. The smallest absolute Gasteiger partial charge is 0.337 e. The normalized spacial score (nSPS) is 14.4. The van der Waals surface area contributed by atoms with Gasteiger partial charge < -0.3 is 4.74 Å². The van der Waals surface area contributed by atoms with Crippen LogP contribution in [0, 0.1) is 11.3 Å². The van der Waals surface area contributed by atoms with Crippen molar-refractivity contribution in [2.75, 3.05) is 7.11 Å². The summed E-state index contributed by atoms with van der Waals surface area (Å²) < 4.78 is 5.71. The van der Waals surface area contributed by atoms with Crippen LogP contribution >= 0.6 is 11.3 Å². The first-order valence-electron chi connectivity index (χ1n) is 5.79. The van der Waals surface area contributed by atoms with E-state index in [1.165, 1.54) is 36.9 Å². The molecule has 3 nitrogen and oxygen atoms in total. The molecule has 0 amide bonds. The van der Waals surface area contributed by atoms with Crippen LogP contribution in [0.2, 0.25) is 0 Å². The summed E-state index contributed by atoms with van der Waals surface area (Å²) >= 11 is 1.47. The number of nitrogens with zero attached hydrogens (tertiary/aromatic N) is 1. The summed E-state index contributed by atoms with van der Waals surface area (Å²) in [6.45, 7) is 0. The van der Waals surface area contributed by atoms with Crippen molar-refractivity contribution < 1.29 is 9.53 Å². The molecule has 3 rings (SSSR count). The van der Waals surface area contributed by atoms with Gasteiger partial charge in [-0.05, 0) is 41.8 Å². The molecule has 0 bridgehead atoms. The van der Waals surface area contributed by atoms with E-state index in [0.717, 1.165) is 15.0 Å². The molecule has 2 aromatic rings. The number of ether oxygens (including phenoxy) is 1. The molecule has 0 unspecified atom stereocenters. The van der Waals surface area contributed by atoms with Gasteiger partial charge in [-0.3, -0.25) is 0 Å². The van der Waals surface area contributed by atoms with Crippen LogP contribution in [0.15, 0.2) is 18.2 Å². The van der Waals surface area contributed by atoms with E-state index in [2.05, 4.69) is 6.07 Å². The molecular formula is C14H11NO2S. The summed E-state index contributed by atoms with van der Waals surface area (Å²) in [5, 5.41) is 10.3. The highest BCUT2D eigenvalue weighted by Crippen LogP contribution is 2.47. The lowest BCUT2D eigenvalue weighted by molar-refractivity contribution is 0.0601. The fourth-order valence-corrected chi connectivity index (χ4v) is 3.35. The van der Waals surface area contributed by atoms with Crippen LogP contribution in [0.25, 0.3) is 10.1 Å². The van der Waals surface area contributed by atoms with E-state index in [9.17, 15) is 10.1 Å². The van der Waals surface area contributed by atoms with Crippen LogP contribution in [0.5, 0.6) is 0 Å². The number of carbonyl (C=O) groups is 1. The highest BCUT2D eigenvalue weighted by atomic mass is 32.1. The molecule has 18 heavy (non-hydrogen) atoms. The van der Waals surface area contributed by atoms with E-state index in [4.69, 9.17) is 4.74 Å². The fraction of sp³-hybridized carbons (Fsp3) is 0.286. The van der Waals surface area contributed by atoms with Crippen molar-refractivity contribution in [3.05, 3.63) is 34.2 Å². The van der Waals surface area contributed by atoms with Crippen molar-refractivity contribution in [3.8, 4) is 6.07 Å². The van der Waals surface area contributed by atoms with Crippen LogP contribution < -0.4 is 0 Å². The van der Waals surface area contributed by atoms with Gasteiger partial charge in [-0.25, -0.2) is 4.79 Å². The molecule has 1 aromatic heterocycles. The lowest BCUT2D eigenvalue weighted by Gasteiger charge is -2.00. The van der Waals surface area contributed by atoms with Gasteiger partial charge in [-0.2, -0.15) is 5.26 Å². The number of rotatable bonds is 2. The Morgan fingerprint density at radius 3 is 2.89 bits per heavy atom. The number of benzene rings is 1. The first-order valence-corrected chi connectivity index (χ1v) is 6.61. The summed E-state index contributed by atoms with van der Waals surface area (Å²) in [4.78, 5) is 12.3. The van der Waals surface area contributed by atoms with Gasteiger partial charge in [0.05, 0.1) is 12.7 Å². The second kappa shape index (κ2) is 4.11. The number of hydrogen-bond acceptors (Lipinski definition) is 4. The number of fused-ring (bicyclic) bond motifs is 1. The Hall–Kier alpha value is -1.86. The molecule has 1 aliphatic rings. The molecule has 0 atom stereocenters. The Bertz CT molecular complexity index is 677. The molecule has 1 saturated carbocycles. The third-order valence-corrected chi connectivity index (χ3v) is 4.31. The Kier molecular flexibility index (Phi) is 2.57. The van der Waals surface area contributed by atoms with Crippen LogP contribution in [0.4, 0.5) is 0 Å². The molecule has 90 valence electrons. The zero-order chi connectivity index (χ0) is 12.7. The molecule has 0 saturated heterocycles. The van der Waals surface area contributed by atoms with E-state index < -0.39 is 0 Å². The number of hydrogen-bond donors (Lipinski definition) is 0. The van der Waals surface area contributed by atoms with Gasteiger partial charge in [-0.15, -0.1) is 11.3 Å². The molecule has 0 radical (unpaired) electrons. The van der Waals surface area contributed by atoms with Gasteiger partial charge in [0.25, 0.3) is 0 Å². The van der Waals surface area contributed by atoms with E-state index in [1.54, 1.807) is 6.07 Å². The zero-order valence-electron chi connectivity index (χ0n) is 9.90. The minimum Gasteiger partial charge on any atom is -0.465 e. The van der Waals surface area contributed by atoms with Crippen molar-refractivity contribution in [3.63, 3.8) is 0 Å². The minimum atomic E-state index is -0.336. The highest BCUT2D eigenvalue weighted by molar-refractivity contribution is 7.19. The molecule has 1 heterocycles. The number of esters is 1. The van der Waals surface area contributed by atoms with Crippen molar-refractivity contribution in [2.24, 2.45) is 0 Å². The van der Waals surface area contributed by atoms with Gasteiger partial charge in [0.2, 0.25) is 0 Å². The molecule has 0 aliphatic heterocycles. The van der Waals surface area contributed by atoms with Crippen molar-refractivity contribution in [2.45, 2.75) is 18.8 Å². The highest BCUT2D eigenvalue weighted by Gasteiger charge is 2.29. The van der Waals surface area contributed by atoms with Crippen molar-refractivity contribution in [1.82, 2.24) is 0 Å².